The summed E-state index contributed by atoms with van der Waals surface area (Å²) in [4.78, 5) is 0. The number of rotatable bonds is 5. The third-order valence-electron chi connectivity index (χ3n) is 5.18. The van der Waals surface area contributed by atoms with E-state index in [0.717, 1.165) is 5.56 Å². The molecular weight excluding hydrogens is 369 g/mol. The second kappa shape index (κ2) is 8.36. The van der Waals surface area contributed by atoms with Gasteiger partial charge in [0.1, 0.15) is 17.5 Å². The molecule has 0 aromatic heterocycles. The Labute approximate surface area is 168 Å². The predicted molar refractivity (Wildman–Crippen MR) is 109 cm³/mol. The number of hydrogen-bond donors (Lipinski definition) is 0. The maximum Gasteiger partial charge on any atom is 0.127 e. The summed E-state index contributed by atoms with van der Waals surface area (Å²) in [6, 6.07) is 28.4. The average molecular weight is 388 g/mol. The molecule has 0 aliphatic heterocycles. The smallest absolute Gasteiger partial charge is 0.127 e. The summed E-state index contributed by atoms with van der Waals surface area (Å²) in [6.45, 7) is 0. The maximum absolute atomic E-state index is 14.9. The molecule has 4 rings (SSSR count). The van der Waals surface area contributed by atoms with E-state index in [-0.39, 0.29) is 5.82 Å². The largest absolute Gasteiger partial charge is 0.207 e. The van der Waals surface area contributed by atoms with Crippen molar-refractivity contribution in [3.05, 3.63) is 143 Å². The topological polar surface area (TPSA) is 0 Å². The fourth-order valence-electron chi connectivity index (χ4n) is 3.92. The SMILES string of the molecule is Fc1cccc(C(c2ccccc2)C(c2ccccc2F)c2ccccc2F)c1. The molecule has 0 amide bonds. The Hall–Kier alpha value is -3.33. The Balaban J connectivity index is 2.01. The molecular formula is C26H19F3. The van der Waals surface area contributed by atoms with Crippen LogP contribution < -0.4 is 0 Å². The lowest BCUT2D eigenvalue weighted by atomic mass is 9.73. The Morgan fingerprint density at radius 3 is 1.52 bits per heavy atom. The molecule has 0 saturated carbocycles. The molecule has 0 fully saturated rings. The Morgan fingerprint density at radius 1 is 0.448 bits per heavy atom. The van der Waals surface area contributed by atoms with Crippen molar-refractivity contribution in [2.45, 2.75) is 11.8 Å². The highest BCUT2D eigenvalue weighted by Gasteiger charge is 2.31. The van der Waals surface area contributed by atoms with Crippen molar-refractivity contribution in [2.24, 2.45) is 0 Å². The van der Waals surface area contributed by atoms with Gasteiger partial charge in [-0.2, -0.15) is 0 Å². The van der Waals surface area contributed by atoms with Crippen LogP contribution in [0.1, 0.15) is 34.1 Å². The Bertz CT molecular complexity index is 1060. The number of hydrogen-bond acceptors (Lipinski definition) is 0. The van der Waals surface area contributed by atoms with Gasteiger partial charge in [0.2, 0.25) is 0 Å². The molecule has 0 saturated heterocycles. The van der Waals surface area contributed by atoms with Gasteiger partial charge in [0.05, 0.1) is 0 Å². The zero-order valence-corrected chi connectivity index (χ0v) is 15.6. The third-order valence-corrected chi connectivity index (χ3v) is 5.18. The van der Waals surface area contributed by atoms with Crippen LogP contribution in [-0.2, 0) is 0 Å². The molecule has 0 bridgehead atoms. The van der Waals surface area contributed by atoms with Gasteiger partial charge in [-0.25, -0.2) is 13.2 Å². The van der Waals surface area contributed by atoms with E-state index in [1.54, 1.807) is 48.5 Å². The third kappa shape index (κ3) is 3.95. The standard InChI is InChI=1S/C26H19F3/c27-20-12-8-11-19(17-20)25(18-9-2-1-3-10-18)26(21-13-4-6-15-23(21)28)22-14-5-7-16-24(22)29/h1-17,25-26H. The van der Waals surface area contributed by atoms with Crippen LogP contribution in [0, 0.1) is 17.5 Å². The van der Waals surface area contributed by atoms with Crippen molar-refractivity contribution < 1.29 is 13.2 Å². The highest BCUT2D eigenvalue weighted by atomic mass is 19.1. The summed E-state index contributed by atoms with van der Waals surface area (Å²) in [7, 11) is 0. The molecule has 29 heavy (non-hydrogen) atoms. The normalized spacial score (nSPS) is 12.1. The second-order valence-corrected chi connectivity index (χ2v) is 6.96. The molecule has 4 aromatic carbocycles. The van der Waals surface area contributed by atoms with Crippen LogP contribution in [0.5, 0.6) is 0 Å². The van der Waals surface area contributed by atoms with Crippen LogP contribution in [0.3, 0.4) is 0 Å². The van der Waals surface area contributed by atoms with Gasteiger partial charge in [-0.1, -0.05) is 78.9 Å². The Kier molecular flexibility index (Phi) is 5.48. The highest BCUT2D eigenvalue weighted by Crippen LogP contribution is 2.44. The molecule has 0 N–H and O–H groups in total. The quantitative estimate of drug-likeness (QED) is 0.343. The molecule has 1 unspecified atom stereocenters. The minimum atomic E-state index is -0.665. The van der Waals surface area contributed by atoms with Crippen molar-refractivity contribution in [2.75, 3.05) is 0 Å². The zero-order chi connectivity index (χ0) is 20.2. The van der Waals surface area contributed by atoms with Gasteiger partial charge in [0, 0.05) is 11.8 Å². The summed E-state index contributed by atoms with van der Waals surface area (Å²) in [5, 5.41) is 0. The lowest BCUT2D eigenvalue weighted by molar-refractivity contribution is 0.549. The molecule has 0 aliphatic rings. The highest BCUT2D eigenvalue weighted by molar-refractivity contribution is 5.45. The van der Waals surface area contributed by atoms with E-state index >= 15 is 0 Å². The molecule has 3 heteroatoms. The van der Waals surface area contributed by atoms with Gasteiger partial charge in [-0.05, 0) is 46.5 Å². The van der Waals surface area contributed by atoms with Crippen LogP contribution in [-0.4, -0.2) is 0 Å². The number of halogens is 3. The number of benzene rings is 4. The predicted octanol–water partition coefficient (Wildman–Crippen LogP) is 7.07. The van der Waals surface area contributed by atoms with Crippen molar-refractivity contribution in [3.63, 3.8) is 0 Å². The van der Waals surface area contributed by atoms with E-state index < -0.39 is 23.5 Å². The summed E-state index contributed by atoms with van der Waals surface area (Å²) in [5.74, 6) is -2.36. The fourth-order valence-corrected chi connectivity index (χ4v) is 3.92. The first-order valence-corrected chi connectivity index (χ1v) is 9.44. The van der Waals surface area contributed by atoms with Gasteiger partial charge < -0.3 is 0 Å². The molecule has 0 radical (unpaired) electrons. The molecule has 0 spiro atoms. The van der Waals surface area contributed by atoms with Crippen LogP contribution in [0.25, 0.3) is 0 Å². The molecule has 1 atom stereocenters. The first-order valence-electron chi connectivity index (χ1n) is 9.44. The van der Waals surface area contributed by atoms with Gasteiger partial charge in [-0.3, -0.25) is 0 Å². The van der Waals surface area contributed by atoms with Gasteiger partial charge in [-0.15, -0.1) is 0 Å². The Morgan fingerprint density at radius 2 is 0.966 bits per heavy atom. The summed E-state index contributed by atoms with van der Waals surface area (Å²) < 4.78 is 44.0. The molecule has 144 valence electrons. The first-order chi connectivity index (χ1) is 14.1. The van der Waals surface area contributed by atoms with Gasteiger partial charge in [0.15, 0.2) is 0 Å². The minimum Gasteiger partial charge on any atom is -0.207 e. The van der Waals surface area contributed by atoms with E-state index in [4.69, 9.17) is 0 Å². The van der Waals surface area contributed by atoms with Gasteiger partial charge >= 0.3 is 0 Å². The fraction of sp³-hybridized carbons (Fsp3) is 0.0769. The van der Waals surface area contributed by atoms with Crippen LogP contribution in [0.15, 0.2) is 103 Å². The van der Waals surface area contributed by atoms with Crippen molar-refractivity contribution in [1.82, 2.24) is 0 Å². The minimum absolute atomic E-state index is 0.371. The lowest BCUT2D eigenvalue weighted by Gasteiger charge is -2.30. The van der Waals surface area contributed by atoms with Crippen molar-refractivity contribution in [3.8, 4) is 0 Å². The summed E-state index contributed by atoms with van der Waals surface area (Å²) >= 11 is 0. The van der Waals surface area contributed by atoms with Gasteiger partial charge in [0.25, 0.3) is 0 Å². The maximum atomic E-state index is 14.9. The van der Waals surface area contributed by atoms with E-state index in [1.165, 1.54) is 24.3 Å². The first kappa shape index (κ1) is 19.0. The van der Waals surface area contributed by atoms with E-state index in [1.807, 2.05) is 30.3 Å². The van der Waals surface area contributed by atoms with E-state index in [2.05, 4.69) is 0 Å². The van der Waals surface area contributed by atoms with Crippen molar-refractivity contribution >= 4 is 0 Å². The van der Waals surface area contributed by atoms with Crippen LogP contribution in [0.2, 0.25) is 0 Å². The molecule has 0 heterocycles. The van der Waals surface area contributed by atoms with E-state index in [0.29, 0.717) is 16.7 Å². The second-order valence-electron chi connectivity index (χ2n) is 6.96. The van der Waals surface area contributed by atoms with Crippen LogP contribution in [0.4, 0.5) is 13.2 Å². The lowest BCUT2D eigenvalue weighted by Crippen LogP contribution is -2.17. The zero-order valence-electron chi connectivity index (χ0n) is 15.6. The molecule has 4 aromatic rings. The molecule has 0 nitrogen and oxygen atoms in total. The van der Waals surface area contributed by atoms with E-state index in [9.17, 15) is 13.2 Å². The van der Waals surface area contributed by atoms with Crippen molar-refractivity contribution in [1.29, 1.82) is 0 Å². The summed E-state index contributed by atoms with van der Waals surface area (Å²) in [6.07, 6.45) is 0. The molecule has 0 aliphatic carbocycles. The van der Waals surface area contributed by atoms with Crippen LogP contribution >= 0.6 is 0 Å². The summed E-state index contributed by atoms with van der Waals surface area (Å²) in [5.41, 5.74) is 2.26. The monoisotopic (exact) mass is 388 g/mol. The average Bonchev–Trinajstić information content (AvgIpc) is 2.74.